The molecule has 2 N–H and O–H groups in total. The Morgan fingerprint density at radius 1 is 0.800 bits per heavy atom. The van der Waals surface area contributed by atoms with Crippen LogP contribution in [0.5, 0.6) is 0 Å². The monoisotopic (exact) mass is 332 g/mol. The molecule has 0 saturated heterocycles. The van der Waals surface area contributed by atoms with E-state index in [0.29, 0.717) is 11.0 Å². The molecule has 0 unspecified atom stereocenters. The first-order chi connectivity index (χ1) is 12.1. The molecule has 0 aromatic heterocycles. The summed E-state index contributed by atoms with van der Waals surface area (Å²) in [6, 6.07) is 23.6. The smallest absolute Gasteiger partial charge is 0.457 e. The van der Waals surface area contributed by atoms with Crippen LogP contribution >= 0.6 is 0 Å². The number of rotatable bonds is 5. The molecular weight excluding hydrogens is 315 g/mol. The molecule has 0 aliphatic heterocycles. The summed E-state index contributed by atoms with van der Waals surface area (Å²) in [5.41, 5.74) is 3.72. The molecule has 0 saturated carbocycles. The fourth-order valence-electron chi connectivity index (χ4n) is 2.45. The van der Waals surface area contributed by atoms with Gasteiger partial charge in [-0.1, -0.05) is 66.7 Å². The molecule has 3 aromatic rings. The third-order valence-electron chi connectivity index (χ3n) is 3.88. The Bertz CT molecular complexity index is 828. The maximum atomic E-state index is 12.1. The second kappa shape index (κ2) is 7.79. The summed E-state index contributed by atoms with van der Waals surface area (Å²) in [5, 5.41) is 18.2. The molecule has 0 heterocycles. The second-order valence-corrected chi connectivity index (χ2v) is 5.63. The van der Waals surface area contributed by atoms with E-state index in [-0.39, 0.29) is 12.6 Å². The van der Waals surface area contributed by atoms with E-state index in [4.69, 9.17) is 14.8 Å². The Morgan fingerprint density at radius 3 is 1.92 bits per heavy atom. The number of ether oxygens (including phenoxy) is 1. The SMILES string of the molecule is O=C(OCc1ccccc1)c1ccc(-c2ccc(B(O)O)cc2)cc1. The summed E-state index contributed by atoms with van der Waals surface area (Å²) < 4.78 is 5.31. The summed E-state index contributed by atoms with van der Waals surface area (Å²) in [6.07, 6.45) is 0. The van der Waals surface area contributed by atoms with Crippen molar-refractivity contribution in [2.45, 2.75) is 6.61 Å². The van der Waals surface area contributed by atoms with Crippen LogP contribution in [-0.4, -0.2) is 23.1 Å². The summed E-state index contributed by atoms with van der Waals surface area (Å²) >= 11 is 0. The van der Waals surface area contributed by atoms with Crippen LogP contribution in [0.4, 0.5) is 0 Å². The number of carbonyl (C=O) groups excluding carboxylic acids is 1. The van der Waals surface area contributed by atoms with E-state index in [1.165, 1.54) is 0 Å². The molecule has 3 rings (SSSR count). The zero-order valence-corrected chi connectivity index (χ0v) is 13.5. The molecule has 25 heavy (non-hydrogen) atoms. The van der Waals surface area contributed by atoms with Crippen LogP contribution in [0.3, 0.4) is 0 Å². The normalized spacial score (nSPS) is 10.3. The van der Waals surface area contributed by atoms with Crippen LogP contribution in [0, 0.1) is 0 Å². The minimum Gasteiger partial charge on any atom is -0.457 e. The van der Waals surface area contributed by atoms with Gasteiger partial charge in [0.1, 0.15) is 6.61 Å². The van der Waals surface area contributed by atoms with Gasteiger partial charge in [-0.15, -0.1) is 0 Å². The maximum Gasteiger partial charge on any atom is 0.488 e. The first kappa shape index (κ1) is 17.0. The third kappa shape index (κ3) is 4.35. The Kier molecular flexibility index (Phi) is 5.28. The Labute approximate surface area is 146 Å². The molecule has 0 aliphatic carbocycles. The van der Waals surface area contributed by atoms with E-state index >= 15 is 0 Å². The summed E-state index contributed by atoms with van der Waals surface area (Å²) in [5.74, 6) is -0.367. The number of hydrogen-bond acceptors (Lipinski definition) is 4. The highest BCUT2D eigenvalue weighted by Crippen LogP contribution is 2.19. The van der Waals surface area contributed by atoms with E-state index in [9.17, 15) is 4.79 Å². The highest BCUT2D eigenvalue weighted by molar-refractivity contribution is 6.58. The van der Waals surface area contributed by atoms with E-state index in [1.54, 1.807) is 36.4 Å². The van der Waals surface area contributed by atoms with Gasteiger partial charge in [0.05, 0.1) is 5.56 Å². The molecule has 3 aromatic carbocycles. The lowest BCUT2D eigenvalue weighted by Gasteiger charge is -2.07. The standard InChI is InChI=1S/C20H17BO4/c22-20(25-14-15-4-2-1-3-5-15)18-8-6-16(7-9-18)17-10-12-19(13-11-17)21(23)24/h1-13,23-24H,14H2. The highest BCUT2D eigenvalue weighted by Gasteiger charge is 2.11. The highest BCUT2D eigenvalue weighted by atomic mass is 16.5. The molecule has 4 nitrogen and oxygen atoms in total. The second-order valence-electron chi connectivity index (χ2n) is 5.63. The molecule has 0 bridgehead atoms. The van der Waals surface area contributed by atoms with Gasteiger partial charge in [-0.25, -0.2) is 4.79 Å². The van der Waals surface area contributed by atoms with Crippen molar-refractivity contribution in [1.29, 1.82) is 0 Å². The maximum absolute atomic E-state index is 12.1. The number of carbonyl (C=O) groups is 1. The molecule has 0 aliphatic rings. The summed E-state index contributed by atoms with van der Waals surface area (Å²) in [4.78, 5) is 12.1. The van der Waals surface area contributed by atoms with Crippen LogP contribution < -0.4 is 5.46 Å². The zero-order valence-electron chi connectivity index (χ0n) is 13.5. The van der Waals surface area contributed by atoms with Crippen molar-refractivity contribution in [3.05, 3.63) is 90.0 Å². The largest absolute Gasteiger partial charge is 0.488 e. The van der Waals surface area contributed by atoms with E-state index in [2.05, 4.69) is 0 Å². The van der Waals surface area contributed by atoms with E-state index < -0.39 is 7.12 Å². The lowest BCUT2D eigenvalue weighted by Crippen LogP contribution is -2.29. The van der Waals surface area contributed by atoms with Gasteiger partial charge in [0.25, 0.3) is 0 Å². The summed E-state index contributed by atoms with van der Waals surface area (Å²) in [6.45, 7) is 0.242. The van der Waals surface area contributed by atoms with Gasteiger partial charge in [0.15, 0.2) is 0 Å². The van der Waals surface area contributed by atoms with Gasteiger partial charge in [-0.3, -0.25) is 0 Å². The first-order valence-electron chi connectivity index (χ1n) is 7.91. The van der Waals surface area contributed by atoms with E-state index in [0.717, 1.165) is 16.7 Å². The van der Waals surface area contributed by atoms with Crippen LogP contribution in [0.1, 0.15) is 15.9 Å². The van der Waals surface area contributed by atoms with Gasteiger partial charge >= 0.3 is 13.1 Å². The molecule has 0 amide bonds. The zero-order chi connectivity index (χ0) is 17.6. The van der Waals surface area contributed by atoms with E-state index in [1.807, 2.05) is 42.5 Å². The van der Waals surface area contributed by atoms with Gasteiger partial charge < -0.3 is 14.8 Å². The van der Waals surface area contributed by atoms with Crippen molar-refractivity contribution < 1.29 is 19.6 Å². The predicted molar refractivity (Wildman–Crippen MR) is 97.3 cm³/mol. The van der Waals surface area contributed by atoms with Gasteiger partial charge in [0, 0.05) is 0 Å². The molecule has 0 atom stereocenters. The lowest BCUT2D eigenvalue weighted by molar-refractivity contribution is 0.0472. The Balaban J connectivity index is 1.66. The molecule has 0 fully saturated rings. The molecule has 5 heteroatoms. The number of hydrogen-bond donors (Lipinski definition) is 2. The summed E-state index contributed by atoms with van der Waals surface area (Å²) in [7, 11) is -1.48. The van der Waals surface area contributed by atoms with Gasteiger partial charge in [-0.2, -0.15) is 0 Å². The van der Waals surface area contributed by atoms with Crippen LogP contribution in [-0.2, 0) is 11.3 Å². The van der Waals surface area contributed by atoms with Crippen molar-refractivity contribution in [2.75, 3.05) is 0 Å². The number of esters is 1. The molecular formula is C20H17BO4. The third-order valence-corrected chi connectivity index (χ3v) is 3.88. The fourth-order valence-corrected chi connectivity index (χ4v) is 2.45. The quantitative estimate of drug-likeness (QED) is 0.556. The van der Waals surface area contributed by atoms with Crippen LogP contribution in [0.2, 0.25) is 0 Å². The van der Waals surface area contributed by atoms with Crippen LogP contribution in [0.15, 0.2) is 78.9 Å². The van der Waals surface area contributed by atoms with Crippen molar-refractivity contribution in [3.63, 3.8) is 0 Å². The number of benzene rings is 3. The average molecular weight is 332 g/mol. The predicted octanol–water partition coefficient (Wildman–Crippen LogP) is 2.39. The molecule has 124 valence electrons. The molecule has 0 spiro atoms. The van der Waals surface area contributed by atoms with Crippen molar-refractivity contribution in [1.82, 2.24) is 0 Å². The van der Waals surface area contributed by atoms with Gasteiger partial charge in [0.2, 0.25) is 0 Å². The topological polar surface area (TPSA) is 66.8 Å². The van der Waals surface area contributed by atoms with Crippen molar-refractivity contribution >= 4 is 18.6 Å². The van der Waals surface area contributed by atoms with Gasteiger partial charge in [-0.05, 0) is 34.3 Å². The van der Waals surface area contributed by atoms with Crippen molar-refractivity contribution in [3.8, 4) is 11.1 Å². The fraction of sp³-hybridized carbons (Fsp3) is 0.0500. The minimum absolute atomic E-state index is 0.242. The average Bonchev–Trinajstić information content (AvgIpc) is 2.67. The van der Waals surface area contributed by atoms with Crippen molar-refractivity contribution in [2.24, 2.45) is 0 Å². The Morgan fingerprint density at radius 2 is 1.36 bits per heavy atom. The Hall–Kier alpha value is -2.89. The lowest BCUT2D eigenvalue weighted by atomic mass is 9.80. The minimum atomic E-state index is -1.48. The van der Waals surface area contributed by atoms with Crippen LogP contribution in [0.25, 0.3) is 11.1 Å². The first-order valence-corrected chi connectivity index (χ1v) is 7.91. The molecule has 0 radical (unpaired) electrons.